The SMILES string of the molecule is CC(=O)C1CCC2C3CC=C4C=C(OC(=O)c5ccc(CO[N+](=O)[O-])cc5)CCC4(C)C3CCC12C. The number of esters is 1. The highest BCUT2D eigenvalue weighted by Crippen LogP contribution is 2.66. The van der Waals surface area contributed by atoms with Crippen LogP contribution in [0.3, 0.4) is 0 Å². The lowest BCUT2D eigenvalue weighted by Crippen LogP contribution is -2.49. The predicted molar refractivity (Wildman–Crippen MR) is 133 cm³/mol. The van der Waals surface area contributed by atoms with Crippen molar-refractivity contribution in [2.75, 3.05) is 0 Å². The minimum atomic E-state index is -0.837. The van der Waals surface area contributed by atoms with Gasteiger partial charge in [-0.15, -0.1) is 10.1 Å². The van der Waals surface area contributed by atoms with Gasteiger partial charge in [-0.25, -0.2) is 4.79 Å². The summed E-state index contributed by atoms with van der Waals surface area (Å²) >= 11 is 0. The van der Waals surface area contributed by atoms with Gasteiger partial charge in [0.15, 0.2) is 0 Å². The Bertz CT molecular complexity index is 1140. The molecule has 0 aliphatic heterocycles. The third kappa shape index (κ3) is 4.16. The van der Waals surface area contributed by atoms with E-state index in [0.717, 1.165) is 44.9 Å². The number of nitrogens with zero attached hydrogens (tertiary/aromatic N) is 1. The van der Waals surface area contributed by atoms with Crippen LogP contribution in [0.5, 0.6) is 0 Å². The topological polar surface area (TPSA) is 95.7 Å². The zero-order chi connectivity index (χ0) is 25.7. The average molecular weight is 494 g/mol. The Hall–Kier alpha value is -2.96. The number of carbonyl (C=O) groups is 2. The number of ether oxygens (including phenoxy) is 1. The maximum Gasteiger partial charge on any atom is 0.343 e. The first-order valence-corrected chi connectivity index (χ1v) is 13.1. The smallest absolute Gasteiger partial charge is 0.343 e. The van der Waals surface area contributed by atoms with Crippen LogP contribution in [-0.4, -0.2) is 16.8 Å². The van der Waals surface area contributed by atoms with Gasteiger partial charge in [-0.05, 0) is 103 Å². The summed E-state index contributed by atoms with van der Waals surface area (Å²) in [5, 5.41) is 9.52. The summed E-state index contributed by atoms with van der Waals surface area (Å²) in [5.74, 6) is 2.69. The van der Waals surface area contributed by atoms with Crippen molar-refractivity contribution in [3.05, 3.63) is 69.0 Å². The molecule has 0 saturated heterocycles. The van der Waals surface area contributed by atoms with E-state index in [0.29, 0.717) is 40.4 Å². The van der Waals surface area contributed by atoms with Crippen LogP contribution in [0.4, 0.5) is 0 Å². The van der Waals surface area contributed by atoms with Gasteiger partial charge in [-0.1, -0.05) is 32.1 Å². The Morgan fingerprint density at radius 1 is 1.08 bits per heavy atom. The third-order valence-electron chi connectivity index (χ3n) is 9.97. The van der Waals surface area contributed by atoms with E-state index in [1.54, 1.807) is 31.2 Å². The van der Waals surface area contributed by atoms with Crippen molar-refractivity contribution in [2.24, 2.45) is 34.5 Å². The molecule has 192 valence electrons. The number of benzene rings is 1. The molecular formula is C29H35NO6. The molecule has 0 radical (unpaired) electrons. The van der Waals surface area contributed by atoms with Gasteiger partial charge in [0, 0.05) is 12.3 Å². The average Bonchev–Trinajstić information content (AvgIpc) is 3.21. The van der Waals surface area contributed by atoms with E-state index in [4.69, 9.17) is 4.74 Å². The van der Waals surface area contributed by atoms with Gasteiger partial charge in [0.25, 0.3) is 5.09 Å². The van der Waals surface area contributed by atoms with Gasteiger partial charge in [0.1, 0.15) is 18.1 Å². The van der Waals surface area contributed by atoms with E-state index >= 15 is 0 Å². The number of rotatable bonds is 6. The summed E-state index contributed by atoms with van der Waals surface area (Å²) in [5.41, 5.74) is 2.52. The highest BCUT2D eigenvalue weighted by atomic mass is 16.9. The van der Waals surface area contributed by atoms with Crippen LogP contribution in [0.15, 0.2) is 47.7 Å². The lowest BCUT2D eigenvalue weighted by molar-refractivity contribution is -0.763. The molecule has 0 heterocycles. The van der Waals surface area contributed by atoms with Crippen molar-refractivity contribution in [1.82, 2.24) is 0 Å². The summed E-state index contributed by atoms with van der Waals surface area (Å²) in [6, 6.07) is 6.47. The molecule has 1 aromatic rings. The molecule has 4 aliphatic carbocycles. The summed E-state index contributed by atoms with van der Waals surface area (Å²) < 4.78 is 5.78. The summed E-state index contributed by atoms with van der Waals surface area (Å²) in [7, 11) is 0. The fraction of sp³-hybridized carbons (Fsp3) is 0.586. The normalized spacial score (nSPS) is 34.9. The monoisotopic (exact) mass is 493 g/mol. The number of fused-ring (bicyclic) bond motifs is 5. The van der Waals surface area contributed by atoms with Crippen LogP contribution in [0.25, 0.3) is 0 Å². The summed E-state index contributed by atoms with van der Waals surface area (Å²) in [6.07, 6.45) is 11.6. The second-order valence-electron chi connectivity index (χ2n) is 11.7. The van der Waals surface area contributed by atoms with Crippen molar-refractivity contribution < 1.29 is 24.3 Å². The van der Waals surface area contributed by atoms with Gasteiger partial charge >= 0.3 is 5.97 Å². The van der Waals surface area contributed by atoms with Crippen molar-refractivity contribution in [3.8, 4) is 0 Å². The maximum atomic E-state index is 12.8. The molecule has 6 atom stereocenters. The molecule has 2 saturated carbocycles. The molecule has 2 fully saturated rings. The zero-order valence-electron chi connectivity index (χ0n) is 21.3. The number of allylic oxidation sites excluding steroid dienone is 4. The first-order chi connectivity index (χ1) is 17.1. The Kier molecular flexibility index (Phi) is 6.29. The van der Waals surface area contributed by atoms with Crippen molar-refractivity contribution >= 4 is 11.8 Å². The number of hydrogen-bond acceptors (Lipinski definition) is 6. The van der Waals surface area contributed by atoms with E-state index in [2.05, 4.69) is 30.8 Å². The Labute approximate surface area is 212 Å². The molecule has 7 nitrogen and oxygen atoms in total. The number of carbonyl (C=O) groups excluding carboxylic acids is 2. The van der Waals surface area contributed by atoms with E-state index < -0.39 is 11.1 Å². The summed E-state index contributed by atoms with van der Waals surface area (Å²) in [4.78, 5) is 39.8. The van der Waals surface area contributed by atoms with Gasteiger partial charge in [0.05, 0.1) is 5.56 Å². The molecular weight excluding hydrogens is 458 g/mol. The number of hydrogen-bond donors (Lipinski definition) is 0. The molecule has 0 amide bonds. The second-order valence-corrected chi connectivity index (χ2v) is 11.7. The molecule has 0 aromatic heterocycles. The van der Waals surface area contributed by atoms with Gasteiger partial charge in [0.2, 0.25) is 0 Å². The first-order valence-electron chi connectivity index (χ1n) is 13.1. The fourth-order valence-corrected chi connectivity index (χ4v) is 8.09. The molecule has 4 aliphatic rings. The van der Waals surface area contributed by atoms with Crippen molar-refractivity contribution in [3.63, 3.8) is 0 Å². The van der Waals surface area contributed by atoms with E-state index in [9.17, 15) is 19.7 Å². The maximum absolute atomic E-state index is 12.8. The Morgan fingerprint density at radius 3 is 2.53 bits per heavy atom. The van der Waals surface area contributed by atoms with Crippen LogP contribution in [0.1, 0.15) is 81.6 Å². The quantitative estimate of drug-likeness (QED) is 0.265. The van der Waals surface area contributed by atoms with E-state index in [1.807, 2.05) is 0 Å². The van der Waals surface area contributed by atoms with Crippen LogP contribution in [0.2, 0.25) is 0 Å². The summed E-state index contributed by atoms with van der Waals surface area (Å²) in [6.45, 7) is 6.38. The highest BCUT2D eigenvalue weighted by Gasteiger charge is 2.59. The van der Waals surface area contributed by atoms with Gasteiger partial charge in [-0.2, -0.15) is 0 Å². The second kappa shape index (κ2) is 9.16. The van der Waals surface area contributed by atoms with Crippen LogP contribution in [0, 0.1) is 44.6 Å². The number of Topliss-reactive ketones (excluding diaryl/α,β-unsaturated/α-hetero) is 1. The molecule has 0 N–H and O–H groups in total. The molecule has 1 aromatic carbocycles. The van der Waals surface area contributed by atoms with Crippen molar-refractivity contribution in [1.29, 1.82) is 0 Å². The molecule has 6 unspecified atom stereocenters. The van der Waals surface area contributed by atoms with Gasteiger partial charge < -0.3 is 9.57 Å². The van der Waals surface area contributed by atoms with Gasteiger partial charge in [-0.3, -0.25) is 4.79 Å². The molecule has 7 heteroatoms. The standard InChI is InChI=1S/C29H35NO6/c1-18(31)24-10-11-25-23-9-8-21-16-22(12-14-28(21,2)26(23)13-15-29(24,25)3)36-27(32)20-6-4-19(5-7-20)17-35-30(33)34/h4-8,16,23-26H,9-15,17H2,1-3H3. The molecule has 5 rings (SSSR count). The van der Waals surface area contributed by atoms with Crippen LogP contribution >= 0.6 is 0 Å². The zero-order valence-corrected chi connectivity index (χ0v) is 21.3. The fourth-order valence-electron chi connectivity index (χ4n) is 8.09. The van der Waals surface area contributed by atoms with E-state index in [1.165, 1.54) is 5.57 Å². The van der Waals surface area contributed by atoms with Crippen molar-refractivity contribution in [2.45, 2.75) is 72.3 Å². The lowest BCUT2D eigenvalue weighted by Gasteiger charge is -2.56. The third-order valence-corrected chi connectivity index (χ3v) is 9.97. The van der Waals surface area contributed by atoms with Crippen LogP contribution < -0.4 is 0 Å². The minimum absolute atomic E-state index is 0.0765. The first kappa shape index (κ1) is 24.7. The van der Waals surface area contributed by atoms with Crippen LogP contribution in [-0.2, 0) is 21.0 Å². The molecule has 0 bridgehead atoms. The van der Waals surface area contributed by atoms with E-state index in [-0.39, 0.29) is 23.4 Å². The Balaban J connectivity index is 1.29. The Morgan fingerprint density at radius 2 is 1.83 bits per heavy atom. The highest BCUT2D eigenvalue weighted by molar-refractivity contribution is 5.90. The molecule has 0 spiro atoms. The molecule has 36 heavy (non-hydrogen) atoms. The largest absolute Gasteiger partial charge is 0.427 e. The predicted octanol–water partition coefficient (Wildman–Crippen LogP) is 6.21. The minimum Gasteiger partial charge on any atom is -0.427 e. The number of ketones is 1. The lowest BCUT2D eigenvalue weighted by atomic mass is 9.48.